The Bertz CT molecular complexity index is 439. The summed E-state index contributed by atoms with van der Waals surface area (Å²) in [5, 5.41) is 4.93. The highest BCUT2D eigenvalue weighted by Gasteiger charge is 2.15. The Kier molecular flexibility index (Phi) is 4.45. The van der Waals surface area contributed by atoms with E-state index in [1.165, 1.54) is 6.20 Å². The highest BCUT2D eigenvalue weighted by Crippen LogP contribution is 2.08. The number of aryl methyl sites for hydroxylation is 1. The monoisotopic (exact) mass is 247 g/mol. The van der Waals surface area contributed by atoms with E-state index in [0.29, 0.717) is 32.0 Å². The van der Waals surface area contributed by atoms with E-state index in [2.05, 4.69) is 4.98 Å². The molecule has 1 aromatic rings. The molecule has 0 radical (unpaired) electrons. The fourth-order valence-electron chi connectivity index (χ4n) is 1.35. The number of sulfonamides is 1. The Hall–Kier alpha value is -0.920. The number of primary sulfonamides is 1. The summed E-state index contributed by atoms with van der Waals surface area (Å²) >= 11 is 0. The van der Waals surface area contributed by atoms with Crippen LogP contribution in [-0.4, -0.2) is 31.2 Å². The second kappa shape index (κ2) is 5.42. The smallest absolute Gasteiger partial charge is 0.257 e. The Morgan fingerprint density at radius 1 is 1.50 bits per heavy atom. The van der Waals surface area contributed by atoms with Crippen molar-refractivity contribution >= 4 is 10.0 Å². The molecule has 1 rings (SSSR count). The number of nitrogens with two attached hydrogens (primary N) is 1. The van der Waals surface area contributed by atoms with Crippen LogP contribution in [0.5, 0.6) is 0 Å². The fourth-order valence-corrected chi connectivity index (χ4v) is 1.85. The maximum absolute atomic E-state index is 11.1. The lowest BCUT2D eigenvalue weighted by Gasteiger charge is -2.05. The summed E-state index contributed by atoms with van der Waals surface area (Å²) in [5.41, 5.74) is 0. The molecule has 0 aliphatic carbocycles. The lowest BCUT2D eigenvalue weighted by atomic mass is 10.4. The van der Waals surface area contributed by atoms with Crippen LogP contribution < -0.4 is 5.14 Å². The zero-order valence-electron chi connectivity index (χ0n) is 9.51. The largest absolute Gasteiger partial charge is 0.380 e. The van der Waals surface area contributed by atoms with Crippen molar-refractivity contribution in [3.8, 4) is 0 Å². The van der Waals surface area contributed by atoms with E-state index >= 15 is 0 Å². The minimum atomic E-state index is -3.72. The average Bonchev–Trinajstić information content (AvgIpc) is 2.61. The number of nitrogens with zero attached hydrogens (tertiary/aromatic N) is 2. The minimum Gasteiger partial charge on any atom is -0.380 e. The Morgan fingerprint density at radius 3 is 2.69 bits per heavy atom. The molecule has 0 spiro atoms. The molecule has 0 atom stereocenters. The van der Waals surface area contributed by atoms with Crippen LogP contribution in [0.4, 0.5) is 0 Å². The van der Waals surface area contributed by atoms with Crippen molar-refractivity contribution in [2.24, 2.45) is 5.14 Å². The summed E-state index contributed by atoms with van der Waals surface area (Å²) in [6.45, 7) is 5.57. The zero-order chi connectivity index (χ0) is 12.2. The first-order chi connectivity index (χ1) is 7.49. The molecule has 7 heteroatoms. The molecule has 16 heavy (non-hydrogen) atoms. The van der Waals surface area contributed by atoms with E-state index in [1.807, 2.05) is 13.8 Å². The van der Waals surface area contributed by atoms with E-state index in [0.717, 1.165) is 0 Å². The van der Waals surface area contributed by atoms with Crippen molar-refractivity contribution in [2.75, 3.05) is 13.2 Å². The highest BCUT2D eigenvalue weighted by atomic mass is 32.2. The molecule has 6 nitrogen and oxygen atoms in total. The third-order valence-electron chi connectivity index (χ3n) is 2.13. The van der Waals surface area contributed by atoms with Gasteiger partial charge in [0.2, 0.25) is 0 Å². The first-order valence-electron chi connectivity index (χ1n) is 5.15. The van der Waals surface area contributed by atoms with Gasteiger partial charge in [0, 0.05) is 25.8 Å². The molecule has 0 amide bonds. The Balaban J connectivity index is 2.87. The van der Waals surface area contributed by atoms with Crippen molar-refractivity contribution < 1.29 is 13.2 Å². The fraction of sp³-hybridized carbons (Fsp3) is 0.667. The number of hydrogen-bond donors (Lipinski definition) is 1. The van der Waals surface area contributed by atoms with Crippen molar-refractivity contribution in [2.45, 2.75) is 31.8 Å². The van der Waals surface area contributed by atoms with Gasteiger partial charge >= 0.3 is 0 Å². The molecule has 2 N–H and O–H groups in total. The molecule has 0 aliphatic rings. The summed E-state index contributed by atoms with van der Waals surface area (Å²) in [5.74, 6) is 0.698. The van der Waals surface area contributed by atoms with Crippen molar-refractivity contribution in [3.63, 3.8) is 0 Å². The molecular formula is C9H17N3O3S. The second-order valence-corrected chi connectivity index (χ2v) is 4.79. The summed E-state index contributed by atoms with van der Waals surface area (Å²) in [6.07, 6.45) is 2.11. The van der Waals surface area contributed by atoms with Gasteiger partial charge in [-0.3, -0.25) is 0 Å². The van der Waals surface area contributed by atoms with E-state index in [9.17, 15) is 8.42 Å². The number of imidazole rings is 1. The van der Waals surface area contributed by atoms with Crippen molar-refractivity contribution in [1.82, 2.24) is 9.55 Å². The summed E-state index contributed by atoms with van der Waals surface area (Å²) in [4.78, 5) is 3.97. The molecule has 0 saturated heterocycles. The average molecular weight is 247 g/mol. The predicted octanol–water partition coefficient (Wildman–Crippen LogP) is 0.129. The van der Waals surface area contributed by atoms with Gasteiger partial charge in [-0.2, -0.15) is 0 Å². The highest BCUT2D eigenvalue weighted by molar-refractivity contribution is 7.89. The van der Waals surface area contributed by atoms with Crippen LogP contribution in [0.3, 0.4) is 0 Å². The van der Waals surface area contributed by atoms with Crippen LogP contribution >= 0.6 is 0 Å². The number of aromatic nitrogens is 2. The lowest BCUT2D eigenvalue weighted by Crippen LogP contribution is -2.12. The van der Waals surface area contributed by atoms with E-state index in [4.69, 9.17) is 9.88 Å². The molecule has 0 aliphatic heterocycles. The van der Waals surface area contributed by atoms with E-state index in [-0.39, 0.29) is 5.03 Å². The van der Waals surface area contributed by atoms with Crippen LogP contribution in [0, 0.1) is 0 Å². The molecular weight excluding hydrogens is 230 g/mol. The van der Waals surface area contributed by atoms with Crippen LogP contribution in [0.25, 0.3) is 0 Å². The maximum Gasteiger partial charge on any atom is 0.257 e. The molecule has 0 aromatic carbocycles. The Labute approximate surface area is 95.5 Å². The zero-order valence-corrected chi connectivity index (χ0v) is 10.3. The molecule has 1 heterocycles. The molecule has 0 saturated carbocycles. The third kappa shape index (κ3) is 3.29. The molecule has 1 aromatic heterocycles. The van der Waals surface area contributed by atoms with Crippen molar-refractivity contribution in [1.29, 1.82) is 0 Å². The number of hydrogen-bond acceptors (Lipinski definition) is 4. The van der Waals surface area contributed by atoms with Crippen molar-refractivity contribution in [3.05, 3.63) is 12.0 Å². The SMILES string of the molecule is CCOCCn1cc(S(N)(=O)=O)nc1CC. The summed E-state index contributed by atoms with van der Waals surface area (Å²) < 4.78 is 29.2. The first kappa shape index (κ1) is 13.1. The molecule has 0 fully saturated rings. The van der Waals surface area contributed by atoms with Gasteiger partial charge in [0.1, 0.15) is 5.82 Å². The number of rotatable bonds is 6. The van der Waals surface area contributed by atoms with Gasteiger partial charge in [-0.1, -0.05) is 6.92 Å². The Morgan fingerprint density at radius 2 is 2.19 bits per heavy atom. The minimum absolute atomic E-state index is 0.0825. The summed E-state index contributed by atoms with van der Waals surface area (Å²) in [6, 6.07) is 0. The third-order valence-corrected chi connectivity index (χ3v) is 2.91. The normalized spacial score (nSPS) is 11.9. The quantitative estimate of drug-likeness (QED) is 0.724. The van der Waals surface area contributed by atoms with Crippen LogP contribution in [-0.2, 0) is 27.7 Å². The van der Waals surface area contributed by atoms with Gasteiger partial charge in [0.25, 0.3) is 10.0 Å². The van der Waals surface area contributed by atoms with E-state index in [1.54, 1.807) is 4.57 Å². The first-order valence-corrected chi connectivity index (χ1v) is 6.70. The van der Waals surface area contributed by atoms with Crippen LogP contribution in [0.1, 0.15) is 19.7 Å². The number of ether oxygens (including phenoxy) is 1. The lowest BCUT2D eigenvalue weighted by molar-refractivity contribution is 0.138. The standard InChI is InChI=1S/C9H17N3O3S/c1-3-8-11-9(16(10,13)14)7-12(8)5-6-15-4-2/h7H,3-6H2,1-2H3,(H2,10,13,14). The topological polar surface area (TPSA) is 87.2 Å². The molecule has 92 valence electrons. The van der Waals surface area contributed by atoms with Gasteiger partial charge in [-0.05, 0) is 6.92 Å². The van der Waals surface area contributed by atoms with Gasteiger partial charge < -0.3 is 9.30 Å². The second-order valence-electron chi connectivity index (χ2n) is 3.28. The molecule has 0 unspecified atom stereocenters. The predicted molar refractivity (Wildman–Crippen MR) is 59.5 cm³/mol. The molecule has 0 bridgehead atoms. The summed E-state index contributed by atoms with van der Waals surface area (Å²) in [7, 11) is -3.72. The van der Waals surface area contributed by atoms with Crippen LogP contribution in [0.2, 0.25) is 0 Å². The van der Waals surface area contributed by atoms with Gasteiger partial charge in [0.15, 0.2) is 5.03 Å². The van der Waals surface area contributed by atoms with Gasteiger partial charge in [-0.25, -0.2) is 18.5 Å². The van der Waals surface area contributed by atoms with Gasteiger partial charge in [0.05, 0.1) is 6.61 Å². The van der Waals surface area contributed by atoms with E-state index < -0.39 is 10.0 Å². The maximum atomic E-state index is 11.1. The van der Waals surface area contributed by atoms with Gasteiger partial charge in [-0.15, -0.1) is 0 Å². The van der Waals surface area contributed by atoms with Crippen LogP contribution in [0.15, 0.2) is 11.2 Å².